The minimum atomic E-state index is -1.36. The molecule has 0 bridgehead atoms. The van der Waals surface area contributed by atoms with Crippen LogP contribution in [0.5, 0.6) is 0 Å². The molecule has 1 aromatic heterocycles. The molecule has 1 aliphatic heterocycles. The summed E-state index contributed by atoms with van der Waals surface area (Å²) in [6, 6.07) is 1.98. The van der Waals surface area contributed by atoms with Gasteiger partial charge in [-0.25, -0.2) is 13.9 Å². The molecular weight excluding hydrogens is 751 g/mol. The van der Waals surface area contributed by atoms with Crippen LogP contribution in [0.4, 0.5) is 4.39 Å². The van der Waals surface area contributed by atoms with E-state index in [-0.39, 0.29) is 48.4 Å². The minimum absolute atomic E-state index is 0.00353. The Morgan fingerprint density at radius 2 is 1.60 bits per heavy atom. The normalized spacial score (nSPS) is 18.5. The molecule has 3 rings (SSSR count). The highest BCUT2D eigenvalue weighted by Gasteiger charge is 2.43. The number of aromatic nitrogens is 3. The molecule has 1 aliphatic rings. The summed E-state index contributed by atoms with van der Waals surface area (Å²) in [5.74, 6) is -4.18. The second kappa shape index (κ2) is 22.0. The van der Waals surface area contributed by atoms with E-state index in [9.17, 15) is 33.5 Å². The van der Waals surface area contributed by atoms with Crippen LogP contribution in [0, 0.1) is 29.5 Å². The van der Waals surface area contributed by atoms with E-state index in [1.165, 1.54) is 49.4 Å². The van der Waals surface area contributed by atoms with E-state index in [1.54, 1.807) is 30.8 Å². The molecule has 0 unspecified atom stereocenters. The van der Waals surface area contributed by atoms with Gasteiger partial charge in [0, 0.05) is 33.4 Å². The first kappa shape index (κ1) is 47.9. The van der Waals surface area contributed by atoms with Gasteiger partial charge in [-0.2, -0.15) is 0 Å². The lowest BCUT2D eigenvalue weighted by atomic mass is 9.89. The van der Waals surface area contributed by atoms with Crippen molar-refractivity contribution in [2.75, 3.05) is 34.9 Å². The number of likely N-dealkylation sites (tertiary alicyclic amines) is 1. The summed E-state index contributed by atoms with van der Waals surface area (Å²) in [4.78, 5) is 70.8. The van der Waals surface area contributed by atoms with E-state index < -0.39 is 66.0 Å². The Morgan fingerprint density at radius 3 is 2.14 bits per heavy atom. The highest BCUT2D eigenvalue weighted by molar-refractivity contribution is 5.90. The number of methoxy groups -OCH3 is 2. The zero-order valence-corrected chi connectivity index (χ0v) is 35.9. The number of benzene rings is 1. The number of hydrogen-bond donors (Lipinski definition) is 4. The number of carbonyl (C=O) groups excluding carboxylic acids is 4. The van der Waals surface area contributed by atoms with Crippen LogP contribution in [0.15, 0.2) is 30.5 Å². The summed E-state index contributed by atoms with van der Waals surface area (Å²) in [6.07, 6.45) is 1.91. The minimum Gasteiger partial charge on any atom is -0.480 e. The van der Waals surface area contributed by atoms with Crippen molar-refractivity contribution in [2.45, 2.75) is 123 Å². The summed E-state index contributed by atoms with van der Waals surface area (Å²) in [5.41, 5.74) is 1.00. The summed E-state index contributed by atoms with van der Waals surface area (Å²) >= 11 is 0. The molecule has 0 aliphatic carbocycles. The molecule has 0 spiro atoms. The Labute approximate surface area is 341 Å². The van der Waals surface area contributed by atoms with E-state index in [0.717, 1.165) is 0 Å². The molecule has 4 amide bonds. The maximum absolute atomic E-state index is 14.2. The van der Waals surface area contributed by atoms with Gasteiger partial charge in [0.25, 0.3) is 0 Å². The molecule has 1 aromatic carbocycles. The second-order valence-corrected chi connectivity index (χ2v) is 16.1. The summed E-state index contributed by atoms with van der Waals surface area (Å²) < 4.78 is 26.5. The van der Waals surface area contributed by atoms with E-state index in [4.69, 9.17) is 9.47 Å². The van der Waals surface area contributed by atoms with Crippen molar-refractivity contribution in [3.8, 4) is 11.3 Å². The molecule has 0 radical (unpaired) electrons. The smallest absolute Gasteiger partial charge is 0.328 e. The number of carboxylic acids is 1. The van der Waals surface area contributed by atoms with Gasteiger partial charge in [0.15, 0.2) is 0 Å². The number of carbonyl (C=O) groups is 5. The molecular formula is C41H65FN8O8. The molecule has 2 aromatic rings. The van der Waals surface area contributed by atoms with Crippen LogP contribution >= 0.6 is 0 Å². The van der Waals surface area contributed by atoms with Gasteiger partial charge < -0.3 is 40.3 Å². The number of ether oxygens (including phenoxy) is 2. The quantitative estimate of drug-likeness (QED) is 0.136. The van der Waals surface area contributed by atoms with Crippen molar-refractivity contribution in [1.82, 2.24) is 40.7 Å². The fourth-order valence-corrected chi connectivity index (χ4v) is 7.87. The Morgan fingerprint density at radius 1 is 0.966 bits per heavy atom. The van der Waals surface area contributed by atoms with E-state index in [0.29, 0.717) is 37.1 Å². The molecule has 1 fully saturated rings. The summed E-state index contributed by atoms with van der Waals surface area (Å²) in [6.45, 7) is 13.4. The average molecular weight is 817 g/mol. The standard InChI is InChI=1S/C41H65FN8O8/c1-12-25(6)36(48(9)40(54)35(24(4)5)45-39(53)34(43-8)23(2)3)32(57-10)20-33(51)50-19-13-14-31(50)37(58-11)26(7)38(52)44-30(41(55)56)22-49-21-29(46-47-49)27-15-17-28(42)18-16-27/h15-18,21,23-26,30-32,34-37,43H,12-14,19-20,22H2,1-11H3,(H,44,52)(H,45,53)(H,55,56)/t25-,26+,30-,31-,32+,34-,35-,36-,37+/m0/s1. The summed E-state index contributed by atoms with van der Waals surface area (Å²) in [7, 11) is 6.37. The fourth-order valence-electron chi connectivity index (χ4n) is 7.87. The highest BCUT2D eigenvalue weighted by Crippen LogP contribution is 2.30. The number of rotatable bonds is 22. The van der Waals surface area contributed by atoms with Crippen LogP contribution in [0.25, 0.3) is 11.3 Å². The van der Waals surface area contributed by atoms with Crippen molar-refractivity contribution in [3.05, 3.63) is 36.3 Å². The summed E-state index contributed by atoms with van der Waals surface area (Å²) in [5, 5.41) is 26.6. The monoisotopic (exact) mass is 816 g/mol. The predicted octanol–water partition coefficient (Wildman–Crippen LogP) is 2.96. The number of nitrogens with zero attached hydrogens (tertiary/aromatic N) is 5. The zero-order chi connectivity index (χ0) is 43.4. The number of halogens is 1. The van der Waals surface area contributed by atoms with E-state index in [2.05, 4.69) is 26.3 Å². The van der Waals surface area contributed by atoms with E-state index >= 15 is 0 Å². The predicted molar refractivity (Wildman–Crippen MR) is 216 cm³/mol. The number of aliphatic carboxylic acids is 1. The first-order chi connectivity index (χ1) is 27.4. The highest BCUT2D eigenvalue weighted by atomic mass is 19.1. The van der Waals surface area contributed by atoms with Crippen LogP contribution in [0.1, 0.15) is 74.1 Å². The third-order valence-corrected chi connectivity index (χ3v) is 11.4. The molecule has 324 valence electrons. The van der Waals surface area contributed by atoms with Crippen molar-refractivity contribution in [3.63, 3.8) is 0 Å². The topological polar surface area (TPSA) is 197 Å². The van der Waals surface area contributed by atoms with Crippen LogP contribution < -0.4 is 16.0 Å². The zero-order valence-electron chi connectivity index (χ0n) is 35.9. The maximum atomic E-state index is 14.2. The maximum Gasteiger partial charge on any atom is 0.328 e. The Hall–Kier alpha value is -4.48. The lowest BCUT2D eigenvalue weighted by molar-refractivity contribution is -0.148. The lowest BCUT2D eigenvalue weighted by Crippen LogP contribution is -2.59. The van der Waals surface area contributed by atoms with Gasteiger partial charge in [-0.3, -0.25) is 19.2 Å². The SMILES string of the molecule is CC[C@H](C)[C@@H]([C@@H](CC(=O)N1CCC[C@H]1[C@H](OC)[C@@H](C)C(=O)N[C@@H](Cn1cc(-c2ccc(F)cc2)nn1)C(=O)O)OC)N(C)C(=O)[C@@H](NC(=O)[C@@H](NC)C(C)C)C(C)C. The first-order valence-electron chi connectivity index (χ1n) is 20.2. The third-order valence-electron chi connectivity index (χ3n) is 11.4. The fraction of sp³-hybridized carbons (Fsp3) is 0.683. The number of nitrogens with one attached hydrogen (secondary N) is 3. The molecule has 17 heteroatoms. The molecule has 58 heavy (non-hydrogen) atoms. The number of amides is 4. The molecule has 16 nitrogen and oxygen atoms in total. The number of likely N-dealkylation sites (N-methyl/N-ethyl adjacent to an activating group) is 2. The lowest BCUT2D eigenvalue weighted by Gasteiger charge is -2.41. The Kier molecular flexibility index (Phi) is 18.2. The van der Waals surface area contributed by atoms with Crippen molar-refractivity contribution in [2.24, 2.45) is 23.7 Å². The van der Waals surface area contributed by atoms with Crippen LogP contribution in [0.3, 0.4) is 0 Å². The van der Waals surface area contributed by atoms with Gasteiger partial charge in [-0.15, -0.1) is 5.10 Å². The van der Waals surface area contributed by atoms with Crippen molar-refractivity contribution >= 4 is 29.6 Å². The number of carboxylic acid groups (broad SMARTS) is 1. The largest absolute Gasteiger partial charge is 0.480 e. The van der Waals surface area contributed by atoms with Crippen molar-refractivity contribution in [1.29, 1.82) is 0 Å². The molecule has 9 atom stereocenters. The molecule has 4 N–H and O–H groups in total. The van der Waals surface area contributed by atoms with Gasteiger partial charge in [0.2, 0.25) is 23.6 Å². The number of hydrogen-bond acceptors (Lipinski definition) is 10. The van der Waals surface area contributed by atoms with Crippen LogP contribution in [0.2, 0.25) is 0 Å². The second-order valence-electron chi connectivity index (χ2n) is 16.1. The van der Waals surface area contributed by atoms with E-state index in [1.807, 2.05) is 41.5 Å². The van der Waals surface area contributed by atoms with Gasteiger partial charge >= 0.3 is 5.97 Å². The van der Waals surface area contributed by atoms with Crippen LogP contribution in [-0.2, 0) is 40.0 Å². The molecule has 1 saturated heterocycles. The Balaban J connectivity index is 1.75. The van der Waals surface area contributed by atoms with Crippen LogP contribution in [-0.4, -0.2) is 137 Å². The molecule has 2 heterocycles. The first-order valence-corrected chi connectivity index (χ1v) is 20.2. The van der Waals surface area contributed by atoms with Gasteiger partial charge in [0.05, 0.1) is 55.4 Å². The van der Waals surface area contributed by atoms with Crippen molar-refractivity contribution < 1.29 is 42.9 Å². The van der Waals surface area contributed by atoms with Gasteiger partial charge in [-0.1, -0.05) is 60.1 Å². The Bertz CT molecular complexity index is 1670. The molecule has 0 saturated carbocycles. The average Bonchev–Trinajstić information content (AvgIpc) is 3.87. The van der Waals surface area contributed by atoms with Gasteiger partial charge in [-0.05, 0) is 61.9 Å². The van der Waals surface area contributed by atoms with Gasteiger partial charge in [0.1, 0.15) is 23.6 Å². The third kappa shape index (κ3) is 12.0.